The van der Waals surface area contributed by atoms with Crippen molar-refractivity contribution < 1.29 is 24.4 Å². The summed E-state index contributed by atoms with van der Waals surface area (Å²) in [5.41, 5.74) is 7.22. The topological polar surface area (TPSA) is 118 Å². The summed E-state index contributed by atoms with van der Waals surface area (Å²) in [6.07, 6.45) is 1.67. The lowest BCUT2D eigenvalue weighted by Crippen LogP contribution is -2.16. The fourth-order valence-corrected chi connectivity index (χ4v) is 2.91. The van der Waals surface area contributed by atoms with Crippen molar-refractivity contribution in [2.24, 2.45) is 5.73 Å². The van der Waals surface area contributed by atoms with E-state index in [2.05, 4.69) is 6.07 Å². The zero-order chi connectivity index (χ0) is 19.6. The summed E-state index contributed by atoms with van der Waals surface area (Å²) in [5, 5.41) is 29.2. The van der Waals surface area contributed by atoms with Gasteiger partial charge in [0.1, 0.15) is 40.4 Å². The van der Waals surface area contributed by atoms with Gasteiger partial charge in [0.25, 0.3) is 0 Å². The number of nitrogens with zero attached hydrogens (tertiary/aromatic N) is 1. The van der Waals surface area contributed by atoms with Crippen LogP contribution in [0.2, 0.25) is 0 Å². The number of nitriles is 1. The van der Waals surface area contributed by atoms with Crippen molar-refractivity contribution in [1.82, 2.24) is 0 Å². The maximum atomic E-state index is 10.1. The van der Waals surface area contributed by atoms with Gasteiger partial charge in [-0.2, -0.15) is 5.26 Å². The van der Waals surface area contributed by atoms with Crippen LogP contribution in [0.25, 0.3) is 5.76 Å². The molecule has 0 fully saturated rings. The van der Waals surface area contributed by atoms with Gasteiger partial charge in [-0.3, -0.25) is 0 Å². The molecule has 1 aliphatic heterocycles. The Bertz CT molecular complexity index is 988. The van der Waals surface area contributed by atoms with Crippen LogP contribution in [-0.4, -0.2) is 24.4 Å². The molecule has 3 rings (SSSR count). The van der Waals surface area contributed by atoms with E-state index in [1.165, 1.54) is 25.3 Å². The Kier molecular flexibility index (Phi) is 4.81. The number of nitrogens with two attached hydrogens (primary N) is 1. The third-order valence-corrected chi connectivity index (χ3v) is 4.26. The summed E-state index contributed by atoms with van der Waals surface area (Å²) < 4.78 is 16.2. The number of phenols is 2. The molecule has 27 heavy (non-hydrogen) atoms. The first kappa shape index (κ1) is 18.0. The van der Waals surface area contributed by atoms with Gasteiger partial charge in [0.2, 0.25) is 5.88 Å². The van der Waals surface area contributed by atoms with E-state index in [4.69, 9.17) is 19.9 Å². The van der Waals surface area contributed by atoms with Gasteiger partial charge in [-0.25, -0.2) is 0 Å². The first-order chi connectivity index (χ1) is 13.0. The Morgan fingerprint density at radius 2 is 1.89 bits per heavy atom. The van der Waals surface area contributed by atoms with E-state index in [-0.39, 0.29) is 28.7 Å². The highest BCUT2D eigenvalue weighted by atomic mass is 16.5. The van der Waals surface area contributed by atoms with Crippen molar-refractivity contribution in [3.8, 4) is 29.1 Å². The van der Waals surface area contributed by atoms with Crippen molar-refractivity contribution >= 4 is 5.76 Å². The van der Waals surface area contributed by atoms with E-state index in [0.717, 1.165) is 0 Å². The molecule has 1 heterocycles. The average Bonchev–Trinajstić information content (AvgIpc) is 2.66. The summed E-state index contributed by atoms with van der Waals surface area (Å²) in [5.74, 6) is 0.535. The SMILES string of the molecule is COc1ccc(C2C=C(c3ccc(O)cc3O)OC(N)=C2C#N)c(OC)c1. The number of hydrogen-bond donors (Lipinski definition) is 3. The van der Waals surface area contributed by atoms with Crippen molar-refractivity contribution in [3.63, 3.8) is 0 Å². The summed E-state index contributed by atoms with van der Waals surface area (Å²) >= 11 is 0. The fourth-order valence-electron chi connectivity index (χ4n) is 2.91. The summed E-state index contributed by atoms with van der Waals surface area (Å²) in [6.45, 7) is 0. The lowest BCUT2D eigenvalue weighted by Gasteiger charge is -2.24. The van der Waals surface area contributed by atoms with Crippen molar-refractivity contribution in [1.29, 1.82) is 5.26 Å². The molecule has 1 atom stereocenters. The number of rotatable bonds is 4. The summed E-state index contributed by atoms with van der Waals surface area (Å²) in [4.78, 5) is 0. The maximum Gasteiger partial charge on any atom is 0.205 e. The lowest BCUT2D eigenvalue weighted by molar-refractivity contribution is 0.354. The fraction of sp³-hybridized carbons (Fsp3) is 0.150. The molecule has 0 aliphatic carbocycles. The van der Waals surface area contributed by atoms with Gasteiger partial charge in [-0.1, -0.05) is 6.07 Å². The number of methoxy groups -OCH3 is 2. The van der Waals surface area contributed by atoms with Crippen LogP contribution in [0.3, 0.4) is 0 Å². The highest BCUT2D eigenvalue weighted by Gasteiger charge is 2.29. The van der Waals surface area contributed by atoms with Crippen LogP contribution in [0.5, 0.6) is 23.0 Å². The number of hydrogen-bond acceptors (Lipinski definition) is 7. The highest BCUT2D eigenvalue weighted by molar-refractivity contribution is 5.71. The minimum atomic E-state index is -0.548. The normalized spacial score (nSPS) is 16.2. The molecule has 7 nitrogen and oxygen atoms in total. The van der Waals surface area contributed by atoms with Crippen molar-refractivity contribution in [2.45, 2.75) is 5.92 Å². The van der Waals surface area contributed by atoms with Crippen LogP contribution in [0.15, 0.2) is 53.9 Å². The molecule has 0 saturated heterocycles. The molecular formula is C20H18N2O5. The van der Waals surface area contributed by atoms with E-state index in [9.17, 15) is 15.5 Å². The van der Waals surface area contributed by atoms with Gasteiger partial charge in [-0.15, -0.1) is 0 Å². The van der Waals surface area contributed by atoms with Crippen LogP contribution in [0, 0.1) is 11.3 Å². The van der Waals surface area contributed by atoms with Gasteiger partial charge in [0.15, 0.2) is 0 Å². The van der Waals surface area contributed by atoms with E-state index < -0.39 is 5.92 Å². The summed E-state index contributed by atoms with van der Waals surface area (Å²) in [7, 11) is 3.07. The molecule has 0 spiro atoms. The van der Waals surface area contributed by atoms with Crippen LogP contribution in [-0.2, 0) is 4.74 Å². The van der Waals surface area contributed by atoms with E-state index in [0.29, 0.717) is 22.6 Å². The average molecular weight is 366 g/mol. The molecule has 4 N–H and O–H groups in total. The van der Waals surface area contributed by atoms with Crippen LogP contribution in [0.4, 0.5) is 0 Å². The van der Waals surface area contributed by atoms with E-state index >= 15 is 0 Å². The monoisotopic (exact) mass is 366 g/mol. The Balaban J connectivity index is 2.15. The lowest BCUT2D eigenvalue weighted by atomic mass is 9.88. The minimum Gasteiger partial charge on any atom is -0.508 e. The summed E-state index contributed by atoms with van der Waals surface area (Å²) in [6, 6.07) is 11.4. The van der Waals surface area contributed by atoms with Crippen LogP contribution >= 0.6 is 0 Å². The minimum absolute atomic E-state index is 0.0645. The first-order valence-electron chi connectivity index (χ1n) is 8.02. The number of benzene rings is 2. The zero-order valence-electron chi connectivity index (χ0n) is 14.8. The van der Waals surface area contributed by atoms with Gasteiger partial charge in [0, 0.05) is 23.6 Å². The standard InChI is InChI=1S/C20H18N2O5/c1-25-12-4-6-13(18(8-12)26-2)15-9-19(27-20(22)16(15)10-21)14-5-3-11(23)7-17(14)24/h3-9,15,23-24H,22H2,1-2H3. The molecule has 2 aromatic rings. The molecule has 0 aromatic heterocycles. The van der Waals surface area contributed by atoms with Crippen molar-refractivity contribution in [2.75, 3.05) is 14.2 Å². The molecule has 0 amide bonds. The smallest absolute Gasteiger partial charge is 0.205 e. The highest BCUT2D eigenvalue weighted by Crippen LogP contribution is 2.42. The first-order valence-corrected chi connectivity index (χ1v) is 8.02. The molecular weight excluding hydrogens is 348 g/mol. The molecule has 138 valence electrons. The molecule has 1 unspecified atom stereocenters. The molecule has 0 radical (unpaired) electrons. The Hall–Kier alpha value is -3.79. The van der Waals surface area contributed by atoms with Gasteiger partial charge >= 0.3 is 0 Å². The Morgan fingerprint density at radius 3 is 2.52 bits per heavy atom. The van der Waals surface area contributed by atoms with E-state index in [1.54, 1.807) is 31.4 Å². The molecule has 7 heteroatoms. The maximum absolute atomic E-state index is 10.1. The van der Waals surface area contributed by atoms with Crippen molar-refractivity contribution in [3.05, 3.63) is 65.1 Å². The second-order valence-corrected chi connectivity index (χ2v) is 5.81. The molecule has 1 aliphatic rings. The zero-order valence-corrected chi connectivity index (χ0v) is 14.8. The number of ether oxygens (including phenoxy) is 3. The molecule has 2 aromatic carbocycles. The second kappa shape index (κ2) is 7.22. The third kappa shape index (κ3) is 3.33. The predicted octanol–water partition coefficient (Wildman–Crippen LogP) is 2.96. The predicted molar refractivity (Wildman–Crippen MR) is 97.9 cm³/mol. The van der Waals surface area contributed by atoms with Gasteiger partial charge in [0.05, 0.1) is 19.8 Å². The van der Waals surface area contributed by atoms with Crippen LogP contribution < -0.4 is 15.2 Å². The van der Waals surface area contributed by atoms with Gasteiger partial charge < -0.3 is 30.2 Å². The van der Waals surface area contributed by atoms with E-state index in [1.807, 2.05) is 0 Å². The molecule has 0 bridgehead atoms. The molecule has 0 saturated carbocycles. The quantitative estimate of drug-likeness (QED) is 0.761. The Morgan fingerprint density at radius 1 is 1.11 bits per heavy atom. The largest absolute Gasteiger partial charge is 0.508 e. The Labute approximate surface area is 156 Å². The van der Waals surface area contributed by atoms with Crippen LogP contribution in [0.1, 0.15) is 17.0 Å². The number of aromatic hydroxyl groups is 2. The second-order valence-electron chi connectivity index (χ2n) is 5.81. The third-order valence-electron chi connectivity index (χ3n) is 4.26. The number of phenolic OH excluding ortho intramolecular Hbond substituents is 2. The van der Waals surface area contributed by atoms with Gasteiger partial charge in [-0.05, 0) is 24.3 Å². The number of allylic oxidation sites excluding steroid dienone is 2.